The van der Waals surface area contributed by atoms with Gasteiger partial charge in [0.1, 0.15) is 17.6 Å². The van der Waals surface area contributed by atoms with E-state index in [2.05, 4.69) is 30.2 Å². The molecule has 21 heteroatoms. The summed E-state index contributed by atoms with van der Waals surface area (Å²) in [6, 6.07) is 17.2. The summed E-state index contributed by atoms with van der Waals surface area (Å²) >= 11 is 0. The Kier molecular flexibility index (Phi) is 14.2. The van der Waals surface area contributed by atoms with Crippen LogP contribution in [0.2, 0.25) is 0 Å². The fourth-order valence-electron chi connectivity index (χ4n) is 9.29. The monoisotopic (exact) mass is 969 g/mol. The molecule has 6 amide bonds. The molecule has 5 aromatic rings. The van der Waals surface area contributed by atoms with E-state index >= 15 is 0 Å². The van der Waals surface area contributed by atoms with E-state index in [-0.39, 0.29) is 65.7 Å². The lowest BCUT2D eigenvalue weighted by Crippen LogP contribution is -2.54. The van der Waals surface area contributed by atoms with Gasteiger partial charge < -0.3 is 30.3 Å². The maximum atomic E-state index is 13.6. The van der Waals surface area contributed by atoms with Gasteiger partial charge in [-0.2, -0.15) is 5.10 Å². The molecule has 4 aliphatic rings. The molecular weight excluding hydrogens is 918 g/mol. The number of likely N-dealkylation sites (N-methyl/N-ethyl adjacent to an activating group) is 1. The molecule has 4 aliphatic heterocycles. The number of aromatic nitrogens is 4. The van der Waals surface area contributed by atoms with Crippen LogP contribution in [-0.4, -0.2) is 158 Å². The van der Waals surface area contributed by atoms with Crippen LogP contribution in [0.1, 0.15) is 81.0 Å². The quantitative estimate of drug-likeness (QED) is 0.113. The van der Waals surface area contributed by atoms with Gasteiger partial charge in [0.15, 0.2) is 18.1 Å². The molecule has 368 valence electrons. The van der Waals surface area contributed by atoms with Crippen LogP contribution in [0.5, 0.6) is 5.75 Å². The predicted octanol–water partition coefficient (Wildman–Crippen LogP) is 3.59. The first-order valence-corrected chi connectivity index (χ1v) is 23.5. The van der Waals surface area contributed by atoms with Gasteiger partial charge in [-0.3, -0.25) is 48.1 Å². The zero-order valence-electron chi connectivity index (χ0n) is 38.9. The maximum Gasteiger partial charge on any atom is 0.361 e. The van der Waals surface area contributed by atoms with Crippen molar-refractivity contribution in [1.29, 1.82) is 0 Å². The molecule has 9 rings (SSSR count). The highest BCUT2D eigenvalue weighted by Gasteiger charge is 2.46. The maximum absolute atomic E-state index is 13.6. The van der Waals surface area contributed by atoms with Crippen molar-refractivity contribution in [3.05, 3.63) is 120 Å². The van der Waals surface area contributed by atoms with Crippen molar-refractivity contribution in [3.63, 3.8) is 0 Å². The molecule has 0 bridgehead atoms. The number of piperidine rings is 2. The summed E-state index contributed by atoms with van der Waals surface area (Å²) in [5.74, 6) is -4.36. The van der Waals surface area contributed by atoms with Crippen molar-refractivity contribution in [2.45, 2.75) is 50.3 Å². The highest BCUT2D eigenvalue weighted by Crippen LogP contribution is 2.32. The summed E-state index contributed by atoms with van der Waals surface area (Å²) in [5, 5.41) is 7.28. The van der Waals surface area contributed by atoms with Gasteiger partial charge in [0.2, 0.25) is 12.0 Å². The first-order chi connectivity index (χ1) is 34.3. The number of halogens is 1. The van der Waals surface area contributed by atoms with E-state index in [0.717, 1.165) is 68.3 Å². The SMILES string of the molecule is CN1C(=O)CCC(N2C(=O)c3ccc(OCC(=O)N4CCN(CCCN5CCC(n6cc(-c7cnc(N)c(C(=O)O[C@@H](C(=O)Nc8ccc(F)cc8)c8ccccc8)n7)cn6)CC5)CC4)cc3C2=O)C1=O. The number of carbonyl (C=O) groups is 7. The van der Waals surface area contributed by atoms with Crippen LogP contribution in [0.15, 0.2) is 91.4 Å². The van der Waals surface area contributed by atoms with Crippen LogP contribution >= 0.6 is 0 Å². The summed E-state index contributed by atoms with van der Waals surface area (Å²) in [6.45, 7) is 5.95. The van der Waals surface area contributed by atoms with E-state index in [1.165, 1.54) is 55.7 Å². The zero-order valence-corrected chi connectivity index (χ0v) is 38.9. The third kappa shape index (κ3) is 10.7. The topological polar surface area (TPSA) is 236 Å². The number of esters is 1. The largest absolute Gasteiger partial charge is 0.484 e. The number of nitrogens with one attached hydrogen (secondary N) is 1. The second-order valence-corrected chi connectivity index (χ2v) is 17.9. The predicted molar refractivity (Wildman–Crippen MR) is 253 cm³/mol. The van der Waals surface area contributed by atoms with Gasteiger partial charge in [0.05, 0.1) is 35.3 Å². The van der Waals surface area contributed by atoms with Crippen LogP contribution in [0.4, 0.5) is 15.9 Å². The molecule has 6 heterocycles. The third-order valence-corrected chi connectivity index (χ3v) is 13.4. The molecule has 3 N–H and O–H groups in total. The number of anilines is 2. The minimum Gasteiger partial charge on any atom is -0.484 e. The number of rotatable bonds is 15. The number of fused-ring (bicyclic) bond motifs is 1. The number of benzene rings is 3. The van der Waals surface area contributed by atoms with Gasteiger partial charge in [-0.05, 0) is 81.2 Å². The molecule has 0 spiro atoms. The van der Waals surface area contributed by atoms with E-state index in [1.807, 2.05) is 10.9 Å². The molecule has 2 atom stereocenters. The number of hydrogen-bond acceptors (Lipinski definition) is 15. The van der Waals surface area contributed by atoms with Gasteiger partial charge in [0, 0.05) is 75.7 Å². The van der Waals surface area contributed by atoms with Crippen LogP contribution in [0.3, 0.4) is 0 Å². The average molecular weight is 970 g/mol. The summed E-state index contributed by atoms with van der Waals surface area (Å²) < 4.78 is 26.9. The second kappa shape index (κ2) is 21.0. The molecule has 0 saturated carbocycles. The lowest BCUT2D eigenvalue weighted by atomic mass is 10.0. The standard InChI is InChI=1S/C50H52FN11O9/c1-57-41(63)15-14-40(49(57)68)62-47(66)37-13-12-36(26-38(37)48(62)67)70-30-42(64)60-24-22-59(23-25-60)19-5-18-58-20-16-35(17-21-58)61-29-32(27-54-61)39-28-53-45(52)43(56-39)50(69)71-44(31-6-3-2-4-7-31)46(65)55-34-10-8-33(51)9-11-34/h2-4,6-13,26-29,35,40,44H,5,14-25,30H2,1H3,(H2,52,53)(H,55,65)/t40?,44-/m1/s1. The van der Waals surface area contributed by atoms with Crippen molar-refractivity contribution in [2.75, 3.05) is 77.1 Å². The van der Waals surface area contributed by atoms with Crippen molar-refractivity contribution >= 4 is 52.9 Å². The van der Waals surface area contributed by atoms with Crippen LogP contribution in [0.25, 0.3) is 11.3 Å². The molecule has 1 unspecified atom stereocenters. The van der Waals surface area contributed by atoms with Gasteiger partial charge in [-0.1, -0.05) is 30.3 Å². The van der Waals surface area contributed by atoms with Gasteiger partial charge in [0.25, 0.3) is 29.5 Å². The molecule has 3 saturated heterocycles. The van der Waals surface area contributed by atoms with Gasteiger partial charge in [-0.25, -0.2) is 19.2 Å². The number of imide groups is 2. The molecule has 0 aliphatic carbocycles. The van der Waals surface area contributed by atoms with E-state index in [4.69, 9.17) is 15.2 Å². The fourth-order valence-corrected chi connectivity index (χ4v) is 9.29. The first-order valence-electron chi connectivity index (χ1n) is 23.5. The Morgan fingerprint density at radius 3 is 2.28 bits per heavy atom. The van der Waals surface area contributed by atoms with Crippen LogP contribution < -0.4 is 15.8 Å². The molecule has 0 radical (unpaired) electrons. The van der Waals surface area contributed by atoms with Crippen molar-refractivity contribution in [2.24, 2.45) is 0 Å². The molecule has 2 aromatic heterocycles. The molecule has 71 heavy (non-hydrogen) atoms. The molecule has 3 fully saturated rings. The van der Waals surface area contributed by atoms with E-state index in [0.29, 0.717) is 35.6 Å². The Balaban J connectivity index is 0.700. The van der Waals surface area contributed by atoms with Crippen LogP contribution in [-0.2, 0) is 23.9 Å². The number of ether oxygens (including phenoxy) is 2. The number of likely N-dealkylation sites (tertiary alicyclic amines) is 2. The van der Waals surface area contributed by atoms with E-state index < -0.39 is 47.6 Å². The smallest absolute Gasteiger partial charge is 0.361 e. The number of amides is 6. The van der Waals surface area contributed by atoms with Gasteiger partial charge in [-0.15, -0.1) is 0 Å². The number of nitrogen functional groups attached to an aromatic ring is 1. The Hall–Kier alpha value is -7.91. The highest BCUT2D eigenvalue weighted by atomic mass is 19.1. The van der Waals surface area contributed by atoms with Crippen molar-refractivity contribution < 1.29 is 47.4 Å². The third-order valence-electron chi connectivity index (χ3n) is 13.4. The average Bonchev–Trinajstić information content (AvgIpc) is 3.98. The van der Waals surface area contributed by atoms with E-state index in [9.17, 15) is 38.0 Å². The Morgan fingerprint density at radius 1 is 0.845 bits per heavy atom. The van der Waals surface area contributed by atoms with Crippen molar-refractivity contribution in [3.8, 4) is 17.0 Å². The normalized spacial score (nSPS) is 18.4. The summed E-state index contributed by atoms with van der Waals surface area (Å²) in [4.78, 5) is 108. The number of nitrogens with zero attached hydrogens (tertiary/aromatic N) is 9. The first kappa shape index (κ1) is 48.1. The van der Waals surface area contributed by atoms with Gasteiger partial charge >= 0.3 is 5.97 Å². The fraction of sp³-hybridized carbons (Fsp3) is 0.360. The minimum absolute atomic E-state index is 0.0505. The molecule has 20 nitrogen and oxygen atoms in total. The van der Waals surface area contributed by atoms with E-state index in [1.54, 1.807) is 41.4 Å². The minimum atomic E-state index is -1.37. The number of nitrogens with two attached hydrogens (primary N) is 1. The van der Waals surface area contributed by atoms with Crippen molar-refractivity contribution in [1.82, 2.24) is 44.2 Å². The summed E-state index contributed by atoms with van der Waals surface area (Å²) in [6.07, 6.45) is 6.47. The zero-order chi connectivity index (χ0) is 49.8. The molecular formula is C50H52FN11O9. The Labute approximate surface area is 407 Å². The lowest BCUT2D eigenvalue weighted by Gasteiger charge is -2.36. The lowest BCUT2D eigenvalue weighted by molar-refractivity contribution is -0.149. The number of hydrogen-bond donors (Lipinski definition) is 2. The number of carbonyl (C=O) groups excluding carboxylic acids is 7. The molecule has 3 aromatic carbocycles. The Bertz CT molecular complexity index is 2850. The van der Waals surface area contributed by atoms with Crippen LogP contribution in [0, 0.1) is 5.82 Å². The summed E-state index contributed by atoms with van der Waals surface area (Å²) in [7, 11) is 1.34. The second-order valence-electron chi connectivity index (χ2n) is 17.9. The number of piperazine rings is 1. The highest BCUT2D eigenvalue weighted by molar-refractivity contribution is 6.23. The Morgan fingerprint density at radius 2 is 1.55 bits per heavy atom. The summed E-state index contributed by atoms with van der Waals surface area (Å²) in [5.41, 5.74) is 7.79.